The maximum Gasteiger partial charge on any atom is 0.236 e. The van der Waals surface area contributed by atoms with E-state index < -0.39 is 0 Å². The Morgan fingerprint density at radius 2 is 2.03 bits per heavy atom. The second-order valence-electron chi connectivity index (χ2n) is 8.51. The number of aromatic nitrogens is 2. The van der Waals surface area contributed by atoms with Gasteiger partial charge in [0.05, 0.1) is 13.2 Å². The highest BCUT2D eigenvalue weighted by Crippen LogP contribution is 2.47. The molecule has 3 atom stereocenters. The number of hydrogen-bond acceptors (Lipinski definition) is 4. The highest BCUT2D eigenvalue weighted by Gasteiger charge is 2.43. The van der Waals surface area contributed by atoms with Crippen LogP contribution in [0.4, 0.5) is 4.39 Å². The molecule has 1 saturated carbocycles. The lowest BCUT2D eigenvalue weighted by Gasteiger charge is -2.17. The molecule has 1 unspecified atom stereocenters. The number of amides is 1. The number of halogens is 1. The summed E-state index contributed by atoms with van der Waals surface area (Å²) in [5.74, 6) is 1.56. The molecule has 3 heterocycles. The Kier molecular flexibility index (Phi) is 4.85. The van der Waals surface area contributed by atoms with Crippen molar-refractivity contribution in [1.82, 2.24) is 14.9 Å². The molecule has 1 aliphatic carbocycles. The van der Waals surface area contributed by atoms with Gasteiger partial charge >= 0.3 is 0 Å². The monoisotopic (exact) mass is 418 g/mol. The van der Waals surface area contributed by atoms with Crippen molar-refractivity contribution in [1.29, 1.82) is 5.26 Å². The number of likely N-dealkylation sites (tertiary alicyclic amines) is 1. The molecule has 3 aromatic rings. The lowest BCUT2D eigenvalue weighted by molar-refractivity contribution is -0.129. The molecule has 0 radical (unpaired) electrons. The fraction of sp³-hybridized carbons (Fsp3) is 0.375. The van der Waals surface area contributed by atoms with Crippen molar-refractivity contribution in [2.24, 2.45) is 11.8 Å². The number of hydrogen-bond donors (Lipinski definition) is 1. The van der Waals surface area contributed by atoms with Gasteiger partial charge in [-0.2, -0.15) is 5.26 Å². The van der Waals surface area contributed by atoms with Crippen LogP contribution < -0.4 is 4.74 Å². The summed E-state index contributed by atoms with van der Waals surface area (Å²) < 4.78 is 19.4. The maximum atomic E-state index is 14.0. The number of rotatable bonds is 4. The van der Waals surface area contributed by atoms with E-state index in [1.807, 2.05) is 17.0 Å². The average molecular weight is 418 g/mol. The number of benzene rings is 1. The smallest absolute Gasteiger partial charge is 0.236 e. The summed E-state index contributed by atoms with van der Waals surface area (Å²) in [6.07, 6.45) is 3.70. The van der Waals surface area contributed by atoms with Gasteiger partial charge in [-0.05, 0) is 66.5 Å². The summed E-state index contributed by atoms with van der Waals surface area (Å²) in [4.78, 5) is 21.9. The molecule has 1 aromatic carbocycles. The molecule has 2 aromatic heterocycles. The van der Waals surface area contributed by atoms with E-state index in [0.717, 1.165) is 48.2 Å². The topological polar surface area (TPSA) is 82.0 Å². The molecule has 0 spiro atoms. The fourth-order valence-electron chi connectivity index (χ4n) is 5.33. The van der Waals surface area contributed by atoms with Crippen molar-refractivity contribution in [2.75, 3.05) is 20.2 Å². The lowest BCUT2D eigenvalue weighted by atomic mass is 9.99. The third-order valence-electron chi connectivity index (χ3n) is 6.78. The molecule has 7 heteroatoms. The van der Waals surface area contributed by atoms with Crippen LogP contribution in [-0.4, -0.2) is 41.0 Å². The standard InChI is InChI=1S/C24H23FN4O2/c1-31-22-3-2-17(25)10-19(22)18-5-7-27-24-20(18)11-21(28-24)14-8-15-12-29(13-16(15)9-14)23(30)4-6-26/h2-3,5,7,10-11,14-16H,4,8-9,12-13H2,1H3,(H,27,28)/t14?,15-,16+. The maximum absolute atomic E-state index is 14.0. The first-order valence-corrected chi connectivity index (χ1v) is 10.5. The van der Waals surface area contributed by atoms with E-state index in [9.17, 15) is 9.18 Å². The number of pyridine rings is 1. The van der Waals surface area contributed by atoms with Gasteiger partial charge in [0.25, 0.3) is 0 Å². The van der Waals surface area contributed by atoms with Gasteiger partial charge in [0, 0.05) is 35.9 Å². The number of H-pyrrole nitrogens is 1. The van der Waals surface area contributed by atoms with Crippen molar-refractivity contribution < 1.29 is 13.9 Å². The summed E-state index contributed by atoms with van der Waals surface area (Å²) in [6, 6.07) is 10.5. The Labute approximate surface area is 179 Å². The van der Waals surface area contributed by atoms with Gasteiger partial charge in [0.2, 0.25) is 5.91 Å². The van der Waals surface area contributed by atoms with Crippen molar-refractivity contribution in [2.45, 2.75) is 25.2 Å². The fourth-order valence-corrected chi connectivity index (χ4v) is 5.33. The third kappa shape index (κ3) is 3.42. The van der Waals surface area contributed by atoms with Crippen LogP contribution in [0.15, 0.2) is 36.5 Å². The first-order chi connectivity index (χ1) is 15.1. The van der Waals surface area contributed by atoms with E-state index in [1.54, 1.807) is 19.4 Å². The zero-order valence-electron chi connectivity index (χ0n) is 17.3. The minimum absolute atomic E-state index is 0.0388. The largest absolute Gasteiger partial charge is 0.496 e. The minimum atomic E-state index is -0.310. The summed E-state index contributed by atoms with van der Waals surface area (Å²) in [7, 11) is 1.58. The number of nitrogens with zero attached hydrogens (tertiary/aromatic N) is 3. The number of fused-ring (bicyclic) bond motifs is 2. The Hall–Kier alpha value is -3.40. The summed E-state index contributed by atoms with van der Waals surface area (Å²) in [5, 5.41) is 9.72. The van der Waals surface area contributed by atoms with E-state index in [0.29, 0.717) is 29.1 Å². The van der Waals surface area contributed by atoms with E-state index in [-0.39, 0.29) is 18.1 Å². The van der Waals surface area contributed by atoms with Crippen LogP contribution in [-0.2, 0) is 4.79 Å². The molecular formula is C24H23FN4O2. The minimum Gasteiger partial charge on any atom is -0.496 e. The van der Waals surface area contributed by atoms with E-state index >= 15 is 0 Å². The second-order valence-corrected chi connectivity index (χ2v) is 8.51. The third-order valence-corrected chi connectivity index (χ3v) is 6.78. The van der Waals surface area contributed by atoms with Crippen molar-refractivity contribution in [3.8, 4) is 22.9 Å². The van der Waals surface area contributed by atoms with Crippen LogP contribution in [0, 0.1) is 29.0 Å². The molecular weight excluding hydrogens is 395 g/mol. The zero-order chi connectivity index (χ0) is 21.5. The predicted octanol–water partition coefficient (Wildman–Crippen LogP) is 4.24. The van der Waals surface area contributed by atoms with Crippen LogP contribution >= 0.6 is 0 Å². The van der Waals surface area contributed by atoms with E-state index in [4.69, 9.17) is 10.00 Å². The van der Waals surface area contributed by atoms with Gasteiger partial charge in [-0.3, -0.25) is 4.79 Å². The second kappa shape index (κ2) is 7.69. The Morgan fingerprint density at radius 3 is 2.74 bits per heavy atom. The van der Waals surface area contributed by atoms with Gasteiger partial charge < -0.3 is 14.6 Å². The molecule has 1 N–H and O–H groups in total. The Balaban J connectivity index is 1.42. The molecule has 2 fully saturated rings. The molecule has 2 aliphatic rings. The number of nitrogens with one attached hydrogen (secondary N) is 1. The van der Waals surface area contributed by atoms with Gasteiger partial charge in [-0.25, -0.2) is 9.37 Å². The van der Waals surface area contributed by atoms with E-state index in [1.165, 1.54) is 12.1 Å². The normalized spacial score (nSPS) is 22.5. The van der Waals surface area contributed by atoms with Crippen LogP contribution in [0.2, 0.25) is 0 Å². The number of carbonyl (C=O) groups is 1. The zero-order valence-corrected chi connectivity index (χ0v) is 17.3. The summed E-state index contributed by atoms with van der Waals surface area (Å²) in [6.45, 7) is 1.48. The van der Waals surface area contributed by atoms with Gasteiger partial charge in [-0.15, -0.1) is 0 Å². The van der Waals surface area contributed by atoms with Crippen LogP contribution in [0.25, 0.3) is 22.2 Å². The molecule has 158 valence electrons. The number of aromatic amines is 1. The molecule has 1 amide bonds. The summed E-state index contributed by atoms with van der Waals surface area (Å²) in [5.41, 5.74) is 3.50. The highest BCUT2D eigenvalue weighted by molar-refractivity contribution is 5.95. The molecule has 1 saturated heterocycles. The van der Waals surface area contributed by atoms with Gasteiger partial charge in [0.15, 0.2) is 0 Å². The number of ether oxygens (including phenoxy) is 1. The quantitative estimate of drug-likeness (QED) is 0.687. The molecule has 1 aliphatic heterocycles. The van der Waals surface area contributed by atoms with Gasteiger partial charge in [0.1, 0.15) is 23.6 Å². The summed E-state index contributed by atoms with van der Waals surface area (Å²) >= 11 is 0. The van der Waals surface area contributed by atoms with Crippen molar-refractivity contribution >= 4 is 16.9 Å². The first kappa shape index (κ1) is 19.6. The van der Waals surface area contributed by atoms with E-state index in [2.05, 4.69) is 16.0 Å². The number of nitriles is 1. The van der Waals surface area contributed by atoms with Crippen molar-refractivity contribution in [3.05, 3.63) is 48.0 Å². The van der Waals surface area contributed by atoms with Crippen LogP contribution in [0.5, 0.6) is 5.75 Å². The highest BCUT2D eigenvalue weighted by atomic mass is 19.1. The van der Waals surface area contributed by atoms with Crippen LogP contribution in [0.3, 0.4) is 0 Å². The molecule has 31 heavy (non-hydrogen) atoms. The van der Waals surface area contributed by atoms with Crippen molar-refractivity contribution in [3.63, 3.8) is 0 Å². The number of carbonyl (C=O) groups excluding carboxylic acids is 1. The Bertz CT molecular complexity index is 1180. The molecule has 6 nitrogen and oxygen atoms in total. The van der Waals surface area contributed by atoms with Crippen LogP contribution in [0.1, 0.15) is 30.9 Å². The van der Waals surface area contributed by atoms with Gasteiger partial charge in [-0.1, -0.05) is 0 Å². The first-order valence-electron chi connectivity index (χ1n) is 10.5. The predicted molar refractivity (Wildman–Crippen MR) is 114 cm³/mol. The average Bonchev–Trinajstić information content (AvgIpc) is 3.46. The Morgan fingerprint density at radius 1 is 1.26 bits per heavy atom. The SMILES string of the molecule is COc1ccc(F)cc1-c1ccnc2[nH]c(C3C[C@@H]4CN(C(=O)CC#N)C[C@@H]4C3)cc12. The lowest BCUT2D eigenvalue weighted by Crippen LogP contribution is -2.29. The molecule has 5 rings (SSSR count). The molecule has 0 bridgehead atoms. The number of methoxy groups -OCH3 is 1.